The van der Waals surface area contributed by atoms with Gasteiger partial charge in [0.15, 0.2) is 0 Å². The van der Waals surface area contributed by atoms with Crippen LogP contribution in [-0.4, -0.2) is 41.8 Å². The summed E-state index contributed by atoms with van der Waals surface area (Å²) in [7, 11) is 0. The van der Waals surface area contributed by atoms with Crippen LogP contribution < -0.4 is 4.90 Å². The summed E-state index contributed by atoms with van der Waals surface area (Å²) in [5.41, 5.74) is 2.21. The number of rotatable bonds is 1. The monoisotopic (exact) mass is 316 g/mol. The first-order valence-electron chi connectivity index (χ1n) is 9.04. The summed E-state index contributed by atoms with van der Waals surface area (Å²) in [5.74, 6) is 0. The molecule has 1 saturated carbocycles. The Morgan fingerprint density at radius 2 is 1.83 bits per heavy atom. The number of likely N-dealkylation sites (tertiary alicyclic amines) is 1. The summed E-state index contributed by atoms with van der Waals surface area (Å²) < 4.78 is 0. The highest BCUT2D eigenvalue weighted by Gasteiger charge is 2.46. The second-order valence-corrected chi connectivity index (χ2v) is 7.49. The zero-order chi connectivity index (χ0) is 15.9. The molecule has 1 N–H and O–H groups in total. The highest BCUT2D eigenvalue weighted by Crippen LogP contribution is 2.47. The Morgan fingerprint density at radius 1 is 1.13 bits per heavy atom. The number of piperidine rings is 1. The van der Waals surface area contributed by atoms with Crippen molar-refractivity contribution in [3.05, 3.63) is 29.8 Å². The fourth-order valence-corrected chi connectivity index (χ4v) is 4.99. The molecule has 0 radical (unpaired) electrons. The van der Waals surface area contributed by atoms with Gasteiger partial charge in [0.2, 0.25) is 0 Å². The van der Waals surface area contributed by atoms with Gasteiger partial charge in [-0.3, -0.25) is 4.90 Å². The molecule has 1 aromatic carbocycles. The van der Waals surface area contributed by atoms with Gasteiger partial charge in [-0.25, -0.2) is 4.79 Å². The summed E-state index contributed by atoms with van der Waals surface area (Å²) in [6.07, 6.45) is 8.22. The lowest BCUT2D eigenvalue weighted by Gasteiger charge is -2.44. The number of anilines is 1. The lowest BCUT2D eigenvalue weighted by Crippen LogP contribution is -2.49. The van der Waals surface area contributed by atoms with Gasteiger partial charge in [-0.05, 0) is 50.4 Å². The Labute approximate surface area is 139 Å². The molecule has 2 aliphatic heterocycles. The van der Waals surface area contributed by atoms with E-state index in [1.54, 1.807) is 4.90 Å². The maximum Gasteiger partial charge on any atom is 0.411 e. The number of amides is 1. The van der Waals surface area contributed by atoms with Crippen molar-refractivity contribution < 1.29 is 11.3 Å². The van der Waals surface area contributed by atoms with Crippen LogP contribution in [-0.2, 0) is 5.41 Å². The van der Waals surface area contributed by atoms with Crippen LogP contribution in [0.1, 0.15) is 51.9 Å². The van der Waals surface area contributed by atoms with Crippen molar-refractivity contribution in [1.82, 2.24) is 4.90 Å². The largest absolute Gasteiger partial charge is 0.465 e. The van der Waals surface area contributed by atoms with Gasteiger partial charge in [-0.15, -0.1) is 0 Å². The van der Waals surface area contributed by atoms with Gasteiger partial charge in [0, 0.05) is 19.4 Å². The van der Waals surface area contributed by atoms with E-state index >= 15 is 0 Å². The van der Waals surface area contributed by atoms with Crippen molar-refractivity contribution in [1.29, 1.82) is 0 Å². The number of hydrogen-bond donors (Lipinski definition) is 1. The molecule has 0 atom stereocenters. The van der Waals surface area contributed by atoms with Crippen LogP contribution in [0.5, 0.6) is 0 Å². The topological polar surface area (TPSA) is 43.8 Å². The zero-order valence-electron chi connectivity index (χ0n) is 13.7. The molecule has 4 heteroatoms. The maximum atomic E-state index is 11.6. The molecule has 4 nitrogen and oxygen atoms in total. The standard InChI is InChI=1S/C19H26N2O2.H2/c22-18(23)21-14-19(16-8-4-5-9-17(16)21)10-12-20(13-11-19)15-6-2-1-3-7-15;/h4-5,8-9,15H,1-3,6-7,10-14H2,(H,22,23);1H. The second-order valence-electron chi connectivity index (χ2n) is 7.49. The third-order valence-corrected chi connectivity index (χ3v) is 6.30. The Hall–Kier alpha value is -1.55. The van der Waals surface area contributed by atoms with Crippen LogP contribution >= 0.6 is 0 Å². The van der Waals surface area contributed by atoms with Crippen molar-refractivity contribution in [3.63, 3.8) is 0 Å². The van der Waals surface area contributed by atoms with Crippen molar-refractivity contribution in [2.75, 3.05) is 24.5 Å². The van der Waals surface area contributed by atoms with Gasteiger partial charge < -0.3 is 10.0 Å². The summed E-state index contributed by atoms with van der Waals surface area (Å²) in [6, 6.07) is 8.89. The molecule has 1 aromatic rings. The average molecular weight is 316 g/mol. The molecule has 1 saturated heterocycles. The van der Waals surface area contributed by atoms with Gasteiger partial charge in [-0.2, -0.15) is 0 Å². The minimum absolute atomic E-state index is 0. The van der Waals surface area contributed by atoms with E-state index in [9.17, 15) is 9.90 Å². The number of carbonyl (C=O) groups is 1. The lowest BCUT2D eigenvalue weighted by atomic mass is 9.73. The summed E-state index contributed by atoms with van der Waals surface area (Å²) >= 11 is 0. The smallest absolute Gasteiger partial charge is 0.411 e. The van der Waals surface area contributed by atoms with Gasteiger partial charge in [0.1, 0.15) is 0 Å². The molecule has 0 aromatic heterocycles. The number of hydrogen-bond acceptors (Lipinski definition) is 2. The van der Waals surface area contributed by atoms with Crippen molar-refractivity contribution in [2.24, 2.45) is 0 Å². The normalized spacial score (nSPS) is 24.8. The van der Waals surface area contributed by atoms with E-state index in [0.29, 0.717) is 6.54 Å². The Kier molecular flexibility index (Phi) is 3.80. The quantitative estimate of drug-likeness (QED) is 0.848. The van der Waals surface area contributed by atoms with Gasteiger partial charge in [-0.1, -0.05) is 37.5 Å². The number of fused-ring (bicyclic) bond motifs is 2. The van der Waals surface area contributed by atoms with E-state index < -0.39 is 6.09 Å². The maximum absolute atomic E-state index is 11.6. The first-order valence-corrected chi connectivity index (χ1v) is 9.04. The number of para-hydroxylation sites is 1. The minimum atomic E-state index is -0.816. The third kappa shape index (κ3) is 2.53. The molecule has 4 rings (SSSR count). The number of benzene rings is 1. The fraction of sp³-hybridized carbons (Fsp3) is 0.632. The minimum Gasteiger partial charge on any atom is -0.465 e. The fourth-order valence-electron chi connectivity index (χ4n) is 4.99. The molecule has 0 bridgehead atoms. The molecular weight excluding hydrogens is 288 g/mol. The van der Waals surface area contributed by atoms with Crippen molar-refractivity contribution in [2.45, 2.75) is 56.4 Å². The van der Waals surface area contributed by atoms with E-state index in [1.807, 2.05) is 12.1 Å². The number of nitrogens with zero attached hydrogens (tertiary/aromatic N) is 2. The van der Waals surface area contributed by atoms with E-state index in [-0.39, 0.29) is 6.84 Å². The highest BCUT2D eigenvalue weighted by molar-refractivity contribution is 5.90. The molecule has 126 valence electrons. The molecule has 1 spiro atoms. The third-order valence-electron chi connectivity index (χ3n) is 6.30. The Morgan fingerprint density at radius 3 is 2.52 bits per heavy atom. The summed E-state index contributed by atoms with van der Waals surface area (Å²) in [6.45, 7) is 2.87. The SMILES string of the molecule is O=C(O)N1CC2(CCN(C3CCCCC3)CC2)c2ccccc21.[HH]. The second kappa shape index (κ2) is 5.82. The van der Waals surface area contributed by atoms with E-state index in [1.165, 1.54) is 37.7 Å². The first kappa shape index (κ1) is 15.0. The molecule has 1 amide bonds. The molecule has 23 heavy (non-hydrogen) atoms. The van der Waals surface area contributed by atoms with Gasteiger partial charge in [0.25, 0.3) is 0 Å². The van der Waals surface area contributed by atoms with Gasteiger partial charge in [0.05, 0.1) is 5.69 Å². The van der Waals surface area contributed by atoms with Crippen LogP contribution in [0.15, 0.2) is 24.3 Å². The zero-order valence-corrected chi connectivity index (χ0v) is 13.7. The van der Waals surface area contributed by atoms with Crippen molar-refractivity contribution in [3.8, 4) is 0 Å². The molecule has 0 unspecified atom stereocenters. The number of carboxylic acid groups (broad SMARTS) is 1. The van der Waals surface area contributed by atoms with Crippen LogP contribution in [0, 0.1) is 0 Å². The molecule has 2 fully saturated rings. The predicted molar refractivity (Wildman–Crippen MR) is 93.3 cm³/mol. The Balaban J connectivity index is 0.00000169. The van der Waals surface area contributed by atoms with E-state index in [2.05, 4.69) is 17.0 Å². The summed E-state index contributed by atoms with van der Waals surface area (Å²) in [5, 5.41) is 9.55. The van der Waals surface area contributed by atoms with E-state index in [4.69, 9.17) is 0 Å². The average Bonchev–Trinajstić information content (AvgIpc) is 2.92. The first-order chi connectivity index (χ1) is 11.2. The van der Waals surface area contributed by atoms with Crippen LogP contribution in [0.4, 0.5) is 10.5 Å². The van der Waals surface area contributed by atoms with Crippen LogP contribution in [0.3, 0.4) is 0 Å². The van der Waals surface area contributed by atoms with Crippen LogP contribution in [0.2, 0.25) is 0 Å². The lowest BCUT2D eigenvalue weighted by molar-refractivity contribution is 0.0966. The predicted octanol–water partition coefficient (Wildman–Crippen LogP) is 4.10. The molecular formula is C19H28N2O2. The van der Waals surface area contributed by atoms with E-state index in [0.717, 1.165) is 37.7 Å². The van der Waals surface area contributed by atoms with Crippen LogP contribution in [0.25, 0.3) is 0 Å². The molecule has 1 aliphatic carbocycles. The Bertz CT molecular complexity index is 593. The molecule has 3 aliphatic rings. The molecule has 2 heterocycles. The highest BCUT2D eigenvalue weighted by atomic mass is 16.4. The van der Waals surface area contributed by atoms with Crippen molar-refractivity contribution >= 4 is 11.8 Å². The summed E-state index contributed by atoms with van der Waals surface area (Å²) in [4.78, 5) is 15.9. The van der Waals surface area contributed by atoms with Gasteiger partial charge >= 0.3 is 6.09 Å².